The van der Waals surface area contributed by atoms with Crippen molar-refractivity contribution in [3.63, 3.8) is 0 Å². The second-order valence-corrected chi connectivity index (χ2v) is 7.91. The van der Waals surface area contributed by atoms with Gasteiger partial charge in [-0.2, -0.15) is 0 Å². The fourth-order valence-corrected chi connectivity index (χ4v) is 3.57. The van der Waals surface area contributed by atoms with Gasteiger partial charge in [-0.15, -0.1) is 11.8 Å². The summed E-state index contributed by atoms with van der Waals surface area (Å²) in [6, 6.07) is 20.3. The van der Waals surface area contributed by atoms with Crippen molar-refractivity contribution in [3.8, 4) is 5.75 Å². The minimum atomic E-state index is -0.189. The van der Waals surface area contributed by atoms with Crippen LogP contribution in [-0.2, 0) is 4.79 Å². The SMILES string of the molecule is COc1ccc(C(=O)Nc2ccc(SCC(=O)Nc3ccc(C)cc3C)cc2)cc1. The van der Waals surface area contributed by atoms with Crippen LogP contribution in [0.3, 0.4) is 0 Å². The smallest absolute Gasteiger partial charge is 0.255 e. The summed E-state index contributed by atoms with van der Waals surface area (Å²) in [5, 5.41) is 5.81. The van der Waals surface area contributed by atoms with Gasteiger partial charge in [0.25, 0.3) is 5.91 Å². The molecule has 2 amide bonds. The van der Waals surface area contributed by atoms with Crippen molar-refractivity contribution in [2.45, 2.75) is 18.7 Å². The largest absolute Gasteiger partial charge is 0.497 e. The number of anilines is 2. The third-order valence-electron chi connectivity index (χ3n) is 4.49. The lowest BCUT2D eigenvalue weighted by molar-refractivity contribution is -0.113. The minimum absolute atomic E-state index is 0.0520. The Kier molecular flexibility index (Phi) is 7.14. The number of rotatable bonds is 7. The fraction of sp³-hybridized carbons (Fsp3) is 0.167. The third-order valence-corrected chi connectivity index (χ3v) is 5.50. The van der Waals surface area contributed by atoms with E-state index in [9.17, 15) is 9.59 Å². The number of methoxy groups -OCH3 is 1. The fourth-order valence-electron chi connectivity index (χ4n) is 2.87. The van der Waals surface area contributed by atoms with Crippen molar-refractivity contribution < 1.29 is 14.3 Å². The number of carbonyl (C=O) groups excluding carboxylic acids is 2. The van der Waals surface area contributed by atoms with E-state index in [-0.39, 0.29) is 11.8 Å². The highest BCUT2D eigenvalue weighted by atomic mass is 32.2. The van der Waals surface area contributed by atoms with E-state index >= 15 is 0 Å². The van der Waals surface area contributed by atoms with Crippen LogP contribution in [0, 0.1) is 13.8 Å². The van der Waals surface area contributed by atoms with Crippen LogP contribution < -0.4 is 15.4 Å². The number of hydrogen-bond acceptors (Lipinski definition) is 4. The number of amides is 2. The quantitative estimate of drug-likeness (QED) is 0.509. The monoisotopic (exact) mass is 420 g/mol. The number of ether oxygens (including phenoxy) is 1. The van der Waals surface area contributed by atoms with Gasteiger partial charge >= 0.3 is 0 Å². The average molecular weight is 421 g/mol. The number of benzene rings is 3. The Hall–Kier alpha value is -3.25. The molecule has 0 saturated carbocycles. The van der Waals surface area contributed by atoms with Gasteiger partial charge < -0.3 is 15.4 Å². The molecule has 6 heteroatoms. The molecule has 2 N–H and O–H groups in total. The zero-order chi connectivity index (χ0) is 21.5. The molecule has 0 saturated heterocycles. The van der Waals surface area contributed by atoms with Gasteiger partial charge in [-0.05, 0) is 74.0 Å². The number of thioether (sulfide) groups is 1. The Morgan fingerprint density at radius 1 is 0.900 bits per heavy atom. The lowest BCUT2D eigenvalue weighted by Crippen LogP contribution is -2.14. The summed E-state index contributed by atoms with van der Waals surface area (Å²) < 4.78 is 5.10. The Morgan fingerprint density at radius 3 is 2.23 bits per heavy atom. The van der Waals surface area contributed by atoms with E-state index < -0.39 is 0 Å². The molecule has 0 atom stereocenters. The Bertz CT molecular complexity index is 1030. The molecule has 0 aliphatic carbocycles. The predicted molar refractivity (Wildman–Crippen MR) is 123 cm³/mol. The first kappa shape index (κ1) is 21.5. The van der Waals surface area contributed by atoms with Gasteiger partial charge in [-0.1, -0.05) is 17.7 Å². The number of hydrogen-bond donors (Lipinski definition) is 2. The Labute approximate surface area is 180 Å². The van der Waals surface area contributed by atoms with Gasteiger partial charge in [0.15, 0.2) is 0 Å². The maximum absolute atomic E-state index is 12.3. The Morgan fingerprint density at radius 2 is 1.60 bits per heavy atom. The van der Waals surface area contributed by atoms with Crippen LogP contribution in [-0.4, -0.2) is 24.7 Å². The first-order chi connectivity index (χ1) is 14.4. The van der Waals surface area contributed by atoms with E-state index in [1.165, 1.54) is 17.3 Å². The van der Waals surface area contributed by atoms with Crippen LogP contribution in [0.2, 0.25) is 0 Å². The molecule has 5 nitrogen and oxygen atoms in total. The summed E-state index contributed by atoms with van der Waals surface area (Å²) in [7, 11) is 1.59. The van der Waals surface area contributed by atoms with Crippen molar-refractivity contribution in [3.05, 3.63) is 83.4 Å². The average Bonchev–Trinajstić information content (AvgIpc) is 2.75. The van der Waals surface area contributed by atoms with E-state index in [4.69, 9.17) is 4.74 Å². The summed E-state index contributed by atoms with van der Waals surface area (Å²) in [4.78, 5) is 25.5. The second-order valence-electron chi connectivity index (χ2n) is 6.86. The Balaban J connectivity index is 1.51. The van der Waals surface area contributed by atoms with Crippen LogP contribution in [0.1, 0.15) is 21.5 Å². The van der Waals surface area contributed by atoms with E-state index in [0.29, 0.717) is 22.8 Å². The number of aryl methyl sites for hydroxylation is 2. The molecule has 0 aliphatic heterocycles. The van der Waals surface area contributed by atoms with Gasteiger partial charge in [-0.3, -0.25) is 9.59 Å². The third kappa shape index (κ3) is 5.87. The van der Waals surface area contributed by atoms with E-state index in [1.54, 1.807) is 31.4 Å². The summed E-state index contributed by atoms with van der Waals surface area (Å²) in [5.41, 5.74) is 4.30. The maximum Gasteiger partial charge on any atom is 0.255 e. The van der Waals surface area contributed by atoms with Crippen LogP contribution >= 0.6 is 11.8 Å². The standard InChI is InChI=1S/C24H24N2O3S/c1-16-4-13-22(17(2)14-16)26-23(27)15-30-21-11-7-19(8-12-21)25-24(28)18-5-9-20(29-3)10-6-18/h4-14H,15H2,1-3H3,(H,25,28)(H,26,27). The van der Waals surface area contributed by atoms with Crippen molar-refractivity contribution in [2.24, 2.45) is 0 Å². The normalized spacial score (nSPS) is 10.4. The lowest BCUT2D eigenvalue weighted by atomic mass is 10.1. The molecule has 3 aromatic carbocycles. The van der Waals surface area contributed by atoms with Crippen molar-refractivity contribution >= 4 is 35.0 Å². The lowest BCUT2D eigenvalue weighted by Gasteiger charge is -2.09. The molecular weight excluding hydrogens is 396 g/mol. The molecule has 0 bridgehead atoms. The van der Waals surface area contributed by atoms with Gasteiger partial charge in [-0.25, -0.2) is 0 Å². The molecule has 30 heavy (non-hydrogen) atoms. The molecule has 0 radical (unpaired) electrons. The van der Waals surface area contributed by atoms with Gasteiger partial charge in [0.1, 0.15) is 5.75 Å². The molecule has 0 heterocycles. The van der Waals surface area contributed by atoms with Gasteiger partial charge in [0.2, 0.25) is 5.91 Å². The highest BCUT2D eigenvalue weighted by Crippen LogP contribution is 2.22. The first-order valence-corrected chi connectivity index (χ1v) is 10.5. The molecule has 0 aliphatic rings. The molecule has 3 aromatic rings. The maximum atomic E-state index is 12.3. The second kappa shape index (κ2) is 9.98. The highest BCUT2D eigenvalue weighted by molar-refractivity contribution is 8.00. The topological polar surface area (TPSA) is 67.4 Å². The summed E-state index contributed by atoms with van der Waals surface area (Å²) in [6.07, 6.45) is 0. The zero-order valence-electron chi connectivity index (χ0n) is 17.2. The molecule has 0 spiro atoms. The van der Waals surface area contributed by atoms with Crippen molar-refractivity contribution in [2.75, 3.05) is 23.5 Å². The van der Waals surface area contributed by atoms with Gasteiger partial charge in [0, 0.05) is 21.8 Å². The van der Waals surface area contributed by atoms with E-state index in [1.807, 2.05) is 56.3 Å². The van der Waals surface area contributed by atoms with Crippen LogP contribution in [0.25, 0.3) is 0 Å². The van der Waals surface area contributed by atoms with Crippen molar-refractivity contribution in [1.29, 1.82) is 0 Å². The zero-order valence-corrected chi connectivity index (χ0v) is 18.0. The molecule has 3 rings (SSSR count). The van der Waals surface area contributed by atoms with Crippen LogP contribution in [0.5, 0.6) is 5.75 Å². The minimum Gasteiger partial charge on any atom is -0.497 e. The predicted octanol–water partition coefficient (Wildman–Crippen LogP) is 5.30. The summed E-state index contributed by atoms with van der Waals surface area (Å²) in [5.74, 6) is 0.773. The van der Waals surface area contributed by atoms with Crippen LogP contribution in [0.15, 0.2) is 71.6 Å². The molecule has 0 fully saturated rings. The van der Waals surface area contributed by atoms with Crippen LogP contribution in [0.4, 0.5) is 11.4 Å². The molecular formula is C24H24N2O3S. The van der Waals surface area contributed by atoms with Gasteiger partial charge in [0.05, 0.1) is 12.9 Å². The first-order valence-electron chi connectivity index (χ1n) is 9.50. The summed E-state index contributed by atoms with van der Waals surface area (Å²) in [6.45, 7) is 4.01. The van der Waals surface area contributed by atoms with E-state index in [2.05, 4.69) is 10.6 Å². The van der Waals surface area contributed by atoms with Crippen molar-refractivity contribution in [1.82, 2.24) is 0 Å². The highest BCUT2D eigenvalue weighted by Gasteiger charge is 2.08. The summed E-state index contributed by atoms with van der Waals surface area (Å²) >= 11 is 1.45. The molecule has 154 valence electrons. The number of nitrogens with one attached hydrogen (secondary N) is 2. The number of carbonyl (C=O) groups is 2. The molecule has 0 unspecified atom stereocenters. The molecule has 0 aromatic heterocycles. The van der Waals surface area contributed by atoms with E-state index in [0.717, 1.165) is 16.1 Å².